The summed E-state index contributed by atoms with van der Waals surface area (Å²) in [7, 11) is -0.520. The summed E-state index contributed by atoms with van der Waals surface area (Å²) in [5, 5.41) is 35.9. The third-order valence-electron chi connectivity index (χ3n) is 26.3. The molecule has 7 heterocycles. The van der Waals surface area contributed by atoms with Gasteiger partial charge >= 0.3 is 7.12 Å². The molecule has 0 unspecified atom stereocenters. The zero-order chi connectivity index (χ0) is 105. The van der Waals surface area contributed by atoms with Gasteiger partial charge in [-0.1, -0.05) is 161 Å². The summed E-state index contributed by atoms with van der Waals surface area (Å²) >= 11 is 6.86. The Balaban J connectivity index is 0.000000195. The Labute approximate surface area is 870 Å². The van der Waals surface area contributed by atoms with Crippen molar-refractivity contribution in [3.05, 3.63) is 260 Å². The lowest BCUT2D eigenvalue weighted by atomic mass is 9.85. The van der Waals surface area contributed by atoms with Crippen LogP contribution in [0.25, 0.3) is 103 Å². The van der Waals surface area contributed by atoms with E-state index in [2.05, 4.69) is 223 Å². The average Bonchev–Trinajstić information content (AvgIpc) is 1.57. The molecule has 0 amide bonds. The number of hydrogen-bond acceptors (Lipinski definition) is 13. The second-order valence-electron chi connectivity index (χ2n) is 43.3. The molecule has 16 aromatic rings. The summed E-state index contributed by atoms with van der Waals surface area (Å²) in [6.07, 6.45) is 0.808. The molecule has 0 bridgehead atoms. The van der Waals surface area contributed by atoms with Crippen molar-refractivity contribution in [1.29, 1.82) is 0 Å². The first-order valence-corrected chi connectivity index (χ1v) is 52.2. The number of halogens is 14. The summed E-state index contributed by atoms with van der Waals surface area (Å²) in [6.45, 7) is 49.7. The maximum absolute atomic E-state index is 15.8. The van der Waals surface area contributed by atoms with Gasteiger partial charge in [0.25, 0.3) is 0 Å². The first-order valence-electron chi connectivity index (χ1n) is 47.4. The van der Waals surface area contributed by atoms with E-state index in [-0.39, 0.29) is 118 Å². The zero-order valence-electron chi connectivity index (χ0n) is 84.6. The van der Waals surface area contributed by atoms with Crippen molar-refractivity contribution in [3.8, 4) is 78.2 Å². The largest absolute Gasteiger partial charge is 0.509 e. The van der Waals surface area contributed by atoms with Crippen LogP contribution >= 0.6 is 79.2 Å². The number of hydrogen-bond donors (Lipinski definition) is 2. The number of nitrogens with zero attached hydrogens (tertiary/aromatic N) is 3. The van der Waals surface area contributed by atoms with Crippen molar-refractivity contribution >= 4 is 157 Å². The minimum absolute atomic E-state index is 0.0291. The van der Waals surface area contributed by atoms with Gasteiger partial charge in [-0.05, 0) is 268 Å². The van der Waals surface area contributed by atoms with E-state index < -0.39 is 111 Å². The Hall–Kier alpha value is -10.1. The van der Waals surface area contributed by atoms with Gasteiger partial charge < -0.3 is 61.6 Å². The molecule has 0 saturated carbocycles. The lowest BCUT2D eigenvalue weighted by Crippen LogP contribution is -2.41. The Morgan fingerprint density at radius 1 is 0.326 bits per heavy atom. The maximum atomic E-state index is 15.8. The number of aromatic hydroxyl groups is 2. The molecule has 762 valence electrons. The van der Waals surface area contributed by atoms with Crippen LogP contribution in [0, 0.1) is 76.9 Å². The van der Waals surface area contributed by atoms with Crippen molar-refractivity contribution in [2.45, 2.75) is 229 Å². The Bertz CT molecular complexity index is 7070. The van der Waals surface area contributed by atoms with E-state index in [1.807, 2.05) is 64.6 Å². The summed E-state index contributed by atoms with van der Waals surface area (Å²) in [5.74, 6) is -20.2. The van der Waals surface area contributed by atoms with Crippen LogP contribution in [0.3, 0.4) is 0 Å². The quantitative estimate of drug-likeness (QED) is 0.0115. The predicted molar refractivity (Wildman–Crippen MR) is 573 cm³/mol. The molecule has 0 radical (unpaired) electrons. The van der Waals surface area contributed by atoms with Crippen molar-refractivity contribution in [2.24, 2.45) is 0 Å². The molecule has 1 aliphatic rings. The predicted octanol–water partition coefficient (Wildman–Crippen LogP) is 33.1. The number of ether oxygens (including phenoxy) is 6. The summed E-state index contributed by atoms with van der Waals surface area (Å²) in [5.41, 5.74) is 12.4. The van der Waals surface area contributed by atoms with Crippen LogP contribution in [0.5, 0.6) is 40.2 Å². The smallest absolute Gasteiger partial charge is 0.504 e. The minimum atomic E-state index is -1.76. The fourth-order valence-electron chi connectivity index (χ4n) is 17.2. The number of rotatable bonds is 24. The normalized spacial score (nSPS) is 13.7. The van der Waals surface area contributed by atoms with E-state index in [9.17, 15) is 36.6 Å². The summed E-state index contributed by atoms with van der Waals surface area (Å²) in [6, 6.07) is 41.7. The van der Waals surface area contributed by atoms with Crippen LogP contribution in [0.15, 0.2) is 150 Å². The molecule has 2 N–H and O–H groups in total. The number of aromatic nitrogens is 3. The molecule has 1 aliphatic heterocycles. The summed E-state index contributed by atoms with van der Waals surface area (Å²) < 4.78 is 226. The third kappa shape index (κ3) is 21.4. The highest BCUT2D eigenvalue weighted by Crippen LogP contribution is 2.53. The highest BCUT2D eigenvalue weighted by Gasteiger charge is 2.54. The zero-order valence-corrected chi connectivity index (χ0v) is 91.4. The highest BCUT2D eigenvalue weighted by molar-refractivity contribution is 14.1. The van der Waals surface area contributed by atoms with Crippen LogP contribution in [0.1, 0.15) is 218 Å². The molecule has 6 aromatic heterocycles. The first-order chi connectivity index (χ1) is 67.3. The topological polar surface area (TPSA) is 129 Å². The molecule has 13 nitrogen and oxygen atoms in total. The molecular formula is C113H116BF12I2N3O10S3. The van der Waals surface area contributed by atoms with E-state index in [1.165, 1.54) is 21.9 Å². The van der Waals surface area contributed by atoms with E-state index in [0.29, 0.717) is 30.8 Å². The Morgan fingerprint density at radius 2 is 0.576 bits per heavy atom. The monoisotopic (exact) mass is 2260 g/mol. The number of thiophene rings is 3. The molecule has 1 fully saturated rings. The van der Waals surface area contributed by atoms with Gasteiger partial charge in [-0.25, -0.2) is 35.1 Å². The van der Waals surface area contributed by atoms with Gasteiger partial charge in [0.2, 0.25) is 23.3 Å². The lowest BCUT2D eigenvalue weighted by Gasteiger charge is -2.32. The maximum Gasteiger partial charge on any atom is 0.509 e. The molecule has 0 aliphatic carbocycles. The van der Waals surface area contributed by atoms with Gasteiger partial charge in [0.05, 0.1) is 109 Å². The van der Waals surface area contributed by atoms with Crippen molar-refractivity contribution < 1.29 is 101 Å². The molecule has 10 aromatic carbocycles. The molecule has 31 heteroatoms. The third-order valence-corrected chi connectivity index (χ3v) is 30.9. The van der Waals surface area contributed by atoms with Gasteiger partial charge in [0.1, 0.15) is 0 Å². The number of fused-ring (bicyclic) bond motifs is 9. The van der Waals surface area contributed by atoms with E-state index in [4.69, 9.17) is 37.7 Å². The summed E-state index contributed by atoms with van der Waals surface area (Å²) in [4.78, 5) is 0.0789. The highest BCUT2D eigenvalue weighted by atomic mass is 127. The molecule has 1 saturated heterocycles. The minimum Gasteiger partial charge on any atom is -0.504 e. The second kappa shape index (κ2) is 41.2. The van der Waals surface area contributed by atoms with E-state index in [0.717, 1.165) is 140 Å². The molecular weight excluding hydrogens is 2150 g/mol. The van der Waals surface area contributed by atoms with Crippen LogP contribution < -0.4 is 28.5 Å². The van der Waals surface area contributed by atoms with Crippen LogP contribution in [-0.4, -0.2) is 82.1 Å². The Morgan fingerprint density at radius 3 is 0.847 bits per heavy atom. The first kappa shape index (κ1) is 108. The Kier molecular flexibility index (Phi) is 30.9. The second-order valence-corrected chi connectivity index (χ2v) is 48.3. The van der Waals surface area contributed by atoms with Crippen molar-refractivity contribution in [1.82, 2.24) is 13.7 Å². The van der Waals surface area contributed by atoms with Crippen LogP contribution in [-0.2, 0) is 46.5 Å². The van der Waals surface area contributed by atoms with Crippen molar-refractivity contribution in [2.75, 3.05) is 39.8 Å². The van der Waals surface area contributed by atoms with Crippen molar-refractivity contribution in [3.63, 3.8) is 0 Å². The SMILES string of the molecule is CC(C)(C)c1ccc2c(c1)c1cc(C(C)(C)C)ccc1n2-c1csc(-c2cc(F)c(F)c(F)c2OCCCCOc2c(-c3scc(-n4c5ccc(C(C)(C)C)cc5c5cc(C(C)(C)C)ccc54)c3O)cc(F)c(F)c2F)c1O.CCOCOc1c(-n2c3ccc(C(C)(C)C)cc3c3cc(C(C)(C)C)ccc32)csc1B1OC(C)(C)C(C)(C)O1.Fc1cc(I)c(OCCCCOc2c(I)cc(F)c(F)c2F)c(F)c1F. The average molecular weight is 2260 g/mol. The molecule has 0 atom stereocenters. The standard InChI is InChI=1S/C64H62F6N2O4S2.C33H44BNO4S.C16H10F6I2O2/c1-61(2,3)33-15-19-45-37(25-33)38-26-34(62(4,5)6)16-20-46(38)71(45)49-31-77-59(55(49)73)41-29-43(65)51(67)53(69)57(41)75-23-13-14-24-76-58-42(30-44(66)52(68)54(58)70)60-56(74)50(32-78-60)72-47-21-17-35(63(7,8)9)27-39(47)40-28-36(64(10,11)12)18-22-48(40)72;1-12-36-20-37-28-27(19-40-29(28)34-38-32(8,9)33(10,11)39-34)35-25-15-13-21(30(2,3)4)17-23(25)24-18-22(31(5,6)7)14-16-26(24)35;17-7-5-9(23)15(13(21)11(7)19)25-3-1-2-4-26-16-10(24)6-8(18)12(20)14(16)22/h15-22,25-32,73-74H,13-14,23-24H2,1-12H3;13-19H,12,20H2,1-11H3;5-6H,1-4H2. The molecule has 144 heavy (non-hydrogen) atoms. The molecule has 17 rings (SSSR count). The fourth-order valence-corrected chi connectivity index (χ4v) is 21.4. The van der Waals surface area contributed by atoms with Crippen LogP contribution in [0.4, 0.5) is 52.7 Å². The fraction of sp³-hybridized carbons (Fsp3) is 0.363. The number of unbranched alkanes of at least 4 members (excludes halogenated alkanes) is 2. The number of benzene rings is 10. The molecule has 0 spiro atoms. The van der Waals surface area contributed by atoms with E-state index >= 15 is 26.3 Å². The van der Waals surface area contributed by atoms with Crippen LogP contribution in [0.2, 0.25) is 0 Å². The van der Waals surface area contributed by atoms with Gasteiger partial charge in [-0.3, -0.25) is 0 Å². The van der Waals surface area contributed by atoms with E-state index in [1.54, 1.807) is 67.3 Å². The lowest BCUT2D eigenvalue weighted by molar-refractivity contribution is 0.00578. The van der Waals surface area contributed by atoms with Gasteiger partial charge in [-0.2, -0.15) is 17.6 Å². The van der Waals surface area contributed by atoms with Gasteiger partial charge in [0.15, 0.2) is 93.6 Å². The van der Waals surface area contributed by atoms with Gasteiger partial charge in [0, 0.05) is 66.2 Å². The van der Waals surface area contributed by atoms with Gasteiger partial charge in [-0.15, -0.1) is 34.0 Å².